The molecular weight excluding hydrogens is 306 g/mol. The summed E-state index contributed by atoms with van der Waals surface area (Å²) in [5, 5.41) is 8.37. The van der Waals surface area contributed by atoms with E-state index in [1.54, 1.807) is 10.9 Å². The van der Waals surface area contributed by atoms with Crippen LogP contribution in [0.4, 0.5) is 0 Å². The minimum Gasteiger partial charge on any atom is -0.271 e. The summed E-state index contributed by atoms with van der Waals surface area (Å²) in [5.41, 5.74) is 4.53. The second-order valence-corrected chi connectivity index (χ2v) is 4.84. The van der Waals surface area contributed by atoms with E-state index in [1.165, 1.54) is 0 Å². The molecule has 0 spiro atoms. The standard InChI is InChI=1S/C10H11BrClN5/c1-17-9(5-14-16-17)10(15-13)7-4-6(12)2-3-8(7)11/h2-5,10,15H,13H2,1H3. The van der Waals surface area contributed by atoms with Gasteiger partial charge >= 0.3 is 0 Å². The highest BCUT2D eigenvalue weighted by Gasteiger charge is 2.19. The molecule has 0 radical (unpaired) electrons. The predicted molar refractivity (Wildman–Crippen MR) is 69.3 cm³/mol. The molecule has 5 nitrogen and oxygen atoms in total. The first kappa shape index (κ1) is 12.5. The van der Waals surface area contributed by atoms with E-state index in [2.05, 4.69) is 31.7 Å². The number of rotatable bonds is 3. The molecule has 0 aliphatic heterocycles. The Balaban J connectivity index is 2.49. The zero-order chi connectivity index (χ0) is 12.4. The van der Waals surface area contributed by atoms with Crippen molar-refractivity contribution in [2.24, 2.45) is 12.9 Å². The molecule has 7 heteroatoms. The van der Waals surface area contributed by atoms with Crippen LogP contribution in [0.15, 0.2) is 28.9 Å². The van der Waals surface area contributed by atoms with E-state index in [-0.39, 0.29) is 6.04 Å². The van der Waals surface area contributed by atoms with Crippen LogP contribution in [0.1, 0.15) is 17.3 Å². The first-order chi connectivity index (χ1) is 8.13. The molecule has 0 amide bonds. The fraction of sp³-hybridized carbons (Fsp3) is 0.200. The van der Waals surface area contributed by atoms with Crippen LogP contribution in [0.5, 0.6) is 0 Å². The van der Waals surface area contributed by atoms with Gasteiger partial charge in [0.1, 0.15) is 0 Å². The maximum absolute atomic E-state index is 5.99. The molecule has 1 atom stereocenters. The third-order valence-corrected chi connectivity index (χ3v) is 3.44. The van der Waals surface area contributed by atoms with E-state index in [4.69, 9.17) is 17.4 Å². The topological polar surface area (TPSA) is 68.8 Å². The molecule has 90 valence electrons. The third kappa shape index (κ3) is 2.50. The quantitative estimate of drug-likeness (QED) is 0.669. The molecule has 0 aliphatic rings. The minimum atomic E-state index is -0.219. The molecule has 1 heterocycles. The lowest BCUT2D eigenvalue weighted by Crippen LogP contribution is -2.30. The number of nitrogens with zero attached hydrogens (tertiary/aromatic N) is 3. The van der Waals surface area contributed by atoms with Crippen LogP contribution in [0.2, 0.25) is 5.02 Å². The van der Waals surface area contributed by atoms with Crippen LogP contribution in [-0.2, 0) is 7.05 Å². The van der Waals surface area contributed by atoms with Crippen LogP contribution in [0, 0.1) is 0 Å². The van der Waals surface area contributed by atoms with Crippen LogP contribution in [-0.4, -0.2) is 15.0 Å². The summed E-state index contributed by atoms with van der Waals surface area (Å²) in [7, 11) is 1.81. The maximum Gasteiger partial charge on any atom is 0.0905 e. The Hall–Kier alpha value is -0.950. The summed E-state index contributed by atoms with van der Waals surface area (Å²) < 4.78 is 2.59. The lowest BCUT2D eigenvalue weighted by Gasteiger charge is -2.17. The summed E-state index contributed by atoms with van der Waals surface area (Å²) in [6.45, 7) is 0. The molecule has 0 fully saturated rings. The molecule has 17 heavy (non-hydrogen) atoms. The molecule has 3 N–H and O–H groups in total. The summed E-state index contributed by atoms with van der Waals surface area (Å²) >= 11 is 9.47. The van der Waals surface area contributed by atoms with Crippen LogP contribution >= 0.6 is 27.5 Å². The first-order valence-corrected chi connectivity index (χ1v) is 6.06. The number of aryl methyl sites for hydroxylation is 1. The SMILES string of the molecule is Cn1nncc1C(NN)c1cc(Cl)ccc1Br. The van der Waals surface area contributed by atoms with Gasteiger partial charge in [-0.2, -0.15) is 0 Å². The maximum atomic E-state index is 5.99. The lowest BCUT2D eigenvalue weighted by atomic mass is 10.1. The van der Waals surface area contributed by atoms with Gasteiger partial charge < -0.3 is 0 Å². The smallest absolute Gasteiger partial charge is 0.0905 e. The fourth-order valence-electron chi connectivity index (χ4n) is 1.63. The van der Waals surface area contributed by atoms with E-state index < -0.39 is 0 Å². The molecule has 0 saturated carbocycles. The number of nitrogens with one attached hydrogen (secondary N) is 1. The predicted octanol–water partition coefficient (Wildman–Crippen LogP) is 1.78. The molecule has 1 aromatic carbocycles. The van der Waals surface area contributed by atoms with E-state index in [0.717, 1.165) is 15.7 Å². The highest BCUT2D eigenvalue weighted by molar-refractivity contribution is 9.10. The second-order valence-electron chi connectivity index (χ2n) is 3.55. The average molecular weight is 317 g/mol. The molecule has 0 saturated heterocycles. The van der Waals surface area contributed by atoms with Gasteiger partial charge in [0.15, 0.2) is 0 Å². The van der Waals surface area contributed by atoms with Gasteiger partial charge in [-0.3, -0.25) is 10.5 Å². The minimum absolute atomic E-state index is 0.219. The lowest BCUT2D eigenvalue weighted by molar-refractivity contribution is 0.569. The number of benzene rings is 1. The molecule has 2 rings (SSSR count). The van der Waals surface area contributed by atoms with Crippen molar-refractivity contribution in [2.75, 3.05) is 0 Å². The molecule has 1 aromatic heterocycles. The molecule has 2 aromatic rings. The number of hydrazine groups is 1. The van der Waals surface area contributed by atoms with Gasteiger partial charge in [0.25, 0.3) is 0 Å². The molecule has 0 bridgehead atoms. The normalized spacial score (nSPS) is 12.7. The number of hydrogen-bond donors (Lipinski definition) is 2. The van der Waals surface area contributed by atoms with Gasteiger partial charge in [-0.25, -0.2) is 5.43 Å². The number of hydrogen-bond acceptors (Lipinski definition) is 4. The van der Waals surface area contributed by atoms with Gasteiger partial charge in [0.05, 0.1) is 17.9 Å². The highest BCUT2D eigenvalue weighted by atomic mass is 79.9. The van der Waals surface area contributed by atoms with Crippen molar-refractivity contribution >= 4 is 27.5 Å². The summed E-state index contributed by atoms with van der Waals surface area (Å²) in [6, 6.07) is 5.32. The number of aromatic nitrogens is 3. The van der Waals surface area contributed by atoms with Gasteiger partial charge in [0, 0.05) is 16.5 Å². The Morgan fingerprint density at radius 1 is 1.53 bits per heavy atom. The number of nitrogens with two attached hydrogens (primary N) is 1. The second kappa shape index (κ2) is 5.14. The van der Waals surface area contributed by atoms with Gasteiger partial charge in [0.2, 0.25) is 0 Å². The Bertz CT molecular complexity index is 527. The largest absolute Gasteiger partial charge is 0.271 e. The average Bonchev–Trinajstić information content (AvgIpc) is 2.71. The van der Waals surface area contributed by atoms with Crippen molar-refractivity contribution in [3.8, 4) is 0 Å². The van der Waals surface area contributed by atoms with Crippen molar-refractivity contribution in [1.29, 1.82) is 0 Å². The van der Waals surface area contributed by atoms with Crippen molar-refractivity contribution in [1.82, 2.24) is 20.4 Å². The van der Waals surface area contributed by atoms with Crippen LogP contribution in [0.25, 0.3) is 0 Å². The fourth-order valence-corrected chi connectivity index (χ4v) is 2.29. The Labute approximate surface area is 112 Å². The molecule has 1 unspecified atom stereocenters. The van der Waals surface area contributed by atoms with Crippen molar-refractivity contribution in [3.05, 3.63) is 45.1 Å². The van der Waals surface area contributed by atoms with Crippen molar-refractivity contribution < 1.29 is 0 Å². The van der Waals surface area contributed by atoms with Crippen LogP contribution < -0.4 is 11.3 Å². The summed E-state index contributed by atoms with van der Waals surface area (Å²) in [4.78, 5) is 0. The van der Waals surface area contributed by atoms with E-state index in [0.29, 0.717) is 5.02 Å². The molecule has 0 aliphatic carbocycles. The zero-order valence-corrected chi connectivity index (χ0v) is 11.4. The Morgan fingerprint density at radius 2 is 2.29 bits per heavy atom. The Morgan fingerprint density at radius 3 is 2.88 bits per heavy atom. The van der Waals surface area contributed by atoms with E-state index >= 15 is 0 Å². The third-order valence-electron chi connectivity index (χ3n) is 2.48. The first-order valence-electron chi connectivity index (χ1n) is 4.89. The van der Waals surface area contributed by atoms with Gasteiger partial charge in [-0.05, 0) is 23.8 Å². The number of halogens is 2. The van der Waals surface area contributed by atoms with Crippen LogP contribution in [0.3, 0.4) is 0 Å². The van der Waals surface area contributed by atoms with E-state index in [1.807, 2.05) is 25.2 Å². The van der Waals surface area contributed by atoms with Gasteiger partial charge in [-0.15, -0.1) is 5.10 Å². The highest BCUT2D eigenvalue weighted by Crippen LogP contribution is 2.29. The Kier molecular flexibility index (Phi) is 3.78. The monoisotopic (exact) mass is 315 g/mol. The summed E-state index contributed by atoms with van der Waals surface area (Å²) in [5.74, 6) is 5.60. The van der Waals surface area contributed by atoms with E-state index in [9.17, 15) is 0 Å². The van der Waals surface area contributed by atoms with Crippen molar-refractivity contribution in [3.63, 3.8) is 0 Å². The van der Waals surface area contributed by atoms with Gasteiger partial charge in [-0.1, -0.05) is 32.7 Å². The molecular formula is C10H11BrClN5. The van der Waals surface area contributed by atoms with Crippen molar-refractivity contribution in [2.45, 2.75) is 6.04 Å². The zero-order valence-electron chi connectivity index (χ0n) is 9.06. The summed E-state index contributed by atoms with van der Waals surface area (Å²) in [6.07, 6.45) is 1.66.